The largest absolute Gasteiger partial charge is 0.0859 e. The van der Waals surface area contributed by atoms with Crippen molar-refractivity contribution in [3.8, 4) is 0 Å². The van der Waals surface area contributed by atoms with Gasteiger partial charge in [0, 0.05) is 0 Å². The van der Waals surface area contributed by atoms with Crippen LogP contribution in [0.3, 0.4) is 0 Å². The van der Waals surface area contributed by atoms with Crippen LogP contribution in [-0.2, 0) is 0 Å². The summed E-state index contributed by atoms with van der Waals surface area (Å²) in [6, 6.07) is 0. The Bertz CT molecular complexity index is 2180. The second kappa shape index (κ2) is 88.8. The van der Waals surface area contributed by atoms with Gasteiger partial charge in [-0.1, -0.05) is 392 Å². The lowest BCUT2D eigenvalue weighted by Gasteiger charge is -2.14. The number of hydrogen-bond donors (Lipinski definition) is 0. The predicted octanol–water partition coefficient (Wildman–Crippen LogP) is 38.7. The zero-order valence-electron chi connectivity index (χ0n) is 78.1. The molecule has 104 heavy (non-hydrogen) atoms. The third kappa shape index (κ3) is 115. The van der Waals surface area contributed by atoms with Crippen LogP contribution in [0.5, 0.6) is 0 Å². The van der Waals surface area contributed by atoms with E-state index < -0.39 is 0 Å². The molecule has 0 fully saturated rings. The first-order valence-corrected chi connectivity index (χ1v) is 45.0. The third-order valence-electron chi connectivity index (χ3n) is 19.2. The van der Waals surface area contributed by atoms with Crippen molar-refractivity contribution in [1.29, 1.82) is 0 Å². The van der Waals surface area contributed by atoms with Gasteiger partial charge in [-0.2, -0.15) is 0 Å². The molecular weight excluding hydrogens is 1250 g/mol. The van der Waals surface area contributed by atoms with Crippen LogP contribution in [0.15, 0.2) is 140 Å². The maximum atomic E-state index is 2.45. The van der Waals surface area contributed by atoms with Crippen LogP contribution >= 0.6 is 0 Å². The first-order valence-electron chi connectivity index (χ1n) is 45.0. The van der Waals surface area contributed by atoms with E-state index in [-0.39, 0.29) is 0 Å². The lowest BCUT2D eigenvalue weighted by Crippen LogP contribution is -2.00. The van der Waals surface area contributed by atoms with Crippen molar-refractivity contribution in [1.82, 2.24) is 0 Å². The van der Waals surface area contributed by atoms with E-state index in [0.29, 0.717) is 0 Å². The average Bonchev–Trinajstić information content (AvgIpc) is 1.88. The molecular formula is C104H198. The SMILES string of the molecule is CCC/C=C(\C)CC/C=C(\C)CC/C=C(\C)CC/C=C(\C)CC/C=C(\C)CCC=C(C)C.CCC/C=C(\C)CC/C=C(\C)CCC=C(C)C.CCC/C=C(\C)CCC=C(C)C.CCCC=C(C)C.CCCCC(C)C.CCCCC(C)CCCC(C)C.CCCCC(C)CCCC(C)CCCC(C)C. The van der Waals surface area contributed by atoms with Crippen molar-refractivity contribution in [3.63, 3.8) is 0 Å². The molecule has 0 radical (unpaired) electrons. The van der Waals surface area contributed by atoms with Crippen LogP contribution in [0.4, 0.5) is 0 Å². The predicted molar refractivity (Wildman–Crippen MR) is 493 cm³/mol. The zero-order chi connectivity index (χ0) is 80.6. The second-order valence-corrected chi connectivity index (χ2v) is 34.7. The molecule has 3 atom stereocenters. The summed E-state index contributed by atoms with van der Waals surface area (Å²) in [6.07, 6.45) is 83.2. The van der Waals surface area contributed by atoms with Gasteiger partial charge < -0.3 is 0 Å². The van der Waals surface area contributed by atoms with Gasteiger partial charge in [0.05, 0.1) is 0 Å². The molecule has 0 aliphatic carbocycles. The molecule has 0 aromatic rings. The van der Waals surface area contributed by atoms with Crippen molar-refractivity contribution >= 4 is 0 Å². The van der Waals surface area contributed by atoms with E-state index in [9.17, 15) is 0 Å². The molecule has 0 spiro atoms. The molecule has 0 bridgehead atoms. The van der Waals surface area contributed by atoms with Crippen LogP contribution in [-0.4, -0.2) is 0 Å². The molecule has 0 aliphatic heterocycles. The maximum absolute atomic E-state index is 2.45. The van der Waals surface area contributed by atoms with E-state index in [1.54, 1.807) is 11.1 Å². The van der Waals surface area contributed by atoms with E-state index in [1.807, 2.05) is 0 Å². The summed E-state index contributed by atoms with van der Waals surface area (Å²) >= 11 is 0. The van der Waals surface area contributed by atoms with Crippen molar-refractivity contribution in [2.24, 2.45) is 35.5 Å². The molecule has 614 valence electrons. The van der Waals surface area contributed by atoms with Crippen LogP contribution < -0.4 is 0 Å². The fourth-order valence-electron chi connectivity index (χ4n) is 11.6. The zero-order valence-corrected chi connectivity index (χ0v) is 78.1. The van der Waals surface area contributed by atoms with Crippen molar-refractivity contribution in [2.75, 3.05) is 0 Å². The fraction of sp³-hybridized carbons (Fsp3) is 0.769. The Balaban J connectivity index is -0.000000225. The van der Waals surface area contributed by atoms with E-state index in [4.69, 9.17) is 0 Å². The van der Waals surface area contributed by atoms with Crippen LogP contribution in [0.2, 0.25) is 0 Å². The van der Waals surface area contributed by atoms with Gasteiger partial charge in [0.2, 0.25) is 0 Å². The third-order valence-corrected chi connectivity index (χ3v) is 19.2. The van der Waals surface area contributed by atoms with Gasteiger partial charge in [0.25, 0.3) is 0 Å². The van der Waals surface area contributed by atoms with Gasteiger partial charge in [0.1, 0.15) is 0 Å². The standard InChI is InChI=1S/C32H54.C17H36.C17H30.C12H26.C12H22.C7H16.C7H14/c1-9-10-17-28(4)19-12-21-30(6)23-14-25-32(8)26-15-24-31(7)22-13-20-29(5)18-11-16-27(2)3;2*1-6-7-11-16(4)13-9-14-17(5)12-8-10-15(2)3;2*1-5-6-9-12(4)10-7-8-11(2)3;2*1-4-5-6-7(2)3/h16-17,20-21,24-25H,9-15,18-19,22-23,26H2,1-8H3;15-17H,6-14H2,1-5H3;10-11,14H,6-9,12-13H2,1-5H3;11-12H,5-10H2,1-4H3;8-9H,5-7,10H2,1-4H3;7H,4-6H2,1-3H3;6H,4-5H2,1-3H3/b28-17+,29-20+,30-21+,31-24+,32-25+;;16-11+,17-14+;;12-9+;;. The average molecular weight is 1450 g/mol. The van der Waals surface area contributed by atoms with Gasteiger partial charge in [-0.15, -0.1) is 0 Å². The molecule has 3 unspecified atom stereocenters. The Hall–Kier alpha value is -3.12. The molecule has 0 heteroatoms. The van der Waals surface area contributed by atoms with Gasteiger partial charge in [0.15, 0.2) is 0 Å². The van der Waals surface area contributed by atoms with E-state index in [0.717, 1.165) is 35.5 Å². The smallest absolute Gasteiger partial charge is 0.0288 e. The summed E-state index contributed by atoms with van der Waals surface area (Å²) in [6.45, 7) is 72.3. The number of unbranched alkanes of at least 4 members (excludes halogenated alkanes) is 7. The Morgan fingerprint density at radius 2 is 0.317 bits per heavy atom. The molecule has 0 saturated heterocycles. The van der Waals surface area contributed by atoms with Gasteiger partial charge in [-0.3, -0.25) is 0 Å². The minimum Gasteiger partial charge on any atom is -0.0859 e. The second-order valence-electron chi connectivity index (χ2n) is 34.7. The first kappa shape index (κ1) is 114. The van der Waals surface area contributed by atoms with Crippen LogP contribution in [0, 0.1) is 35.5 Å². The van der Waals surface area contributed by atoms with Crippen molar-refractivity contribution in [3.05, 3.63) is 140 Å². The lowest BCUT2D eigenvalue weighted by molar-refractivity contribution is 0.388. The highest BCUT2D eigenvalue weighted by Gasteiger charge is 2.07. The Morgan fingerprint density at radius 1 is 0.173 bits per heavy atom. The normalized spacial score (nSPS) is 13.1. The Kier molecular flexibility index (Phi) is 97.5. The first-order chi connectivity index (χ1) is 49.2. The Labute approximate surface area is 662 Å². The highest BCUT2D eigenvalue weighted by molar-refractivity contribution is 5.10. The topological polar surface area (TPSA) is 0 Å². The van der Waals surface area contributed by atoms with Gasteiger partial charge in [-0.25, -0.2) is 0 Å². The summed E-state index contributed by atoms with van der Waals surface area (Å²) in [5.41, 5.74) is 18.0. The lowest BCUT2D eigenvalue weighted by atomic mass is 9.92. The maximum Gasteiger partial charge on any atom is -0.0288 e. The summed E-state index contributed by atoms with van der Waals surface area (Å²) in [5, 5.41) is 0. The van der Waals surface area contributed by atoms with Gasteiger partial charge in [-0.05, 0) is 275 Å². The quantitative estimate of drug-likeness (QED) is 0.0533. The van der Waals surface area contributed by atoms with E-state index in [2.05, 4.69) is 294 Å². The molecule has 0 nitrogen and oxygen atoms in total. The molecule has 0 rings (SSSR count). The minimum atomic E-state index is 0.885. The summed E-state index contributed by atoms with van der Waals surface area (Å²) in [5.74, 6) is 5.55. The molecule has 0 N–H and O–H groups in total. The highest BCUT2D eigenvalue weighted by Crippen LogP contribution is 2.23. The van der Waals surface area contributed by atoms with E-state index in [1.165, 1.54) is 325 Å². The molecule has 0 aliphatic rings. The molecule has 0 aromatic carbocycles. The number of allylic oxidation sites excluding steroid dienone is 24. The van der Waals surface area contributed by atoms with Crippen molar-refractivity contribution < 1.29 is 0 Å². The molecule has 0 heterocycles. The van der Waals surface area contributed by atoms with E-state index >= 15 is 0 Å². The van der Waals surface area contributed by atoms with Crippen LogP contribution in [0.1, 0.15) is 491 Å². The summed E-state index contributed by atoms with van der Waals surface area (Å²) in [4.78, 5) is 0. The fourth-order valence-corrected chi connectivity index (χ4v) is 11.6. The molecule has 0 amide bonds. The van der Waals surface area contributed by atoms with Crippen LogP contribution in [0.25, 0.3) is 0 Å². The van der Waals surface area contributed by atoms with Crippen molar-refractivity contribution in [2.45, 2.75) is 491 Å². The molecule has 0 saturated carbocycles. The number of rotatable bonds is 53. The minimum absolute atomic E-state index is 0.885. The monoisotopic (exact) mass is 1450 g/mol. The molecule has 0 aromatic heterocycles. The summed E-state index contributed by atoms with van der Waals surface area (Å²) < 4.78 is 0. The number of hydrogen-bond acceptors (Lipinski definition) is 0. The highest BCUT2D eigenvalue weighted by atomic mass is 14.1. The summed E-state index contributed by atoms with van der Waals surface area (Å²) in [7, 11) is 0. The van der Waals surface area contributed by atoms with Gasteiger partial charge >= 0.3 is 0 Å². The Morgan fingerprint density at radius 3 is 0.481 bits per heavy atom.